The van der Waals surface area contributed by atoms with Gasteiger partial charge < -0.3 is 14.5 Å². The van der Waals surface area contributed by atoms with Crippen molar-refractivity contribution in [3.63, 3.8) is 0 Å². The van der Waals surface area contributed by atoms with E-state index in [1.165, 1.54) is 11.3 Å². The van der Waals surface area contributed by atoms with Gasteiger partial charge in [0.1, 0.15) is 5.76 Å². The van der Waals surface area contributed by atoms with Gasteiger partial charge in [-0.15, -0.1) is 0 Å². The van der Waals surface area contributed by atoms with E-state index in [1.807, 2.05) is 28.9 Å². The number of hydrogen-bond donors (Lipinski definition) is 1. The lowest BCUT2D eigenvalue weighted by Gasteiger charge is -2.05. The second-order valence-electron chi connectivity index (χ2n) is 6.67. The van der Waals surface area contributed by atoms with Gasteiger partial charge in [0.15, 0.2) is 0 Å². The Hall–Kier alpha value is -2.57. The zero-order valence-corrected chi connectivity index (χ0v) is 16.5. The maximum absolute atomic E-state index is 11.8. The zero-order valence-electron chi connectivity index (χ0n) is 15.7. The lowest BCUT2D eigenvalue weighted by molar-refractivity contribution is 0.0487. The highest BCUT2D eigenvalue weighted by Gasteiger charge is 2.22. The fraction of sp³-hybridized carbons (Fsp3) is 0.333. The second kappa shape index (κ2) is 8.20. The van der Waals surface area contributed by atoms with Gasteiger partial charge in [0, 0.05) is 34.8 Å². The van der Waals surface area contributed by atoms with Crippen molar-refractivity contribution < 1.29 is 13.9 Å². The number of fused-ring (bicyclic) bond motifs is 1. The van der Waals surface area contributed by atoms with Gasteiger partial charge in [0.2, 0.25) is 5.76 Å². The van der Waals surface area contributed by atoms with Crippen LogP contribution in [0.25, 0.3) is 11.3 Å². The van der Waals surface area contributed by atoms with Crippen LogP contribution < -0.4 is 5.32 Å². The van der Waals surface area contributed by atoms with Gasteiger partial charge in [-0.25, -0.2) is 4.79 Å². The minimum absolute atomic E-state index is 0.217. The number of carbonyl (C=O) groups excluding carboxylic acids is 1. The fourth-order valence-electron chi connectivity index (χ4n) is 3.51. The molecule has 1 aliphatic rings. The van der Waals surface area contributed by atoms with E-state index in [1.54, 1.807) is 19.1 Å². The average Bonchev–Trinajstić information content (AvgIpc) is 3.20. The van der Waals surface area contributed by atoms with Gasteiger partial charge >= 0.3 is 5.97 Å². The topological polar surface area (TPSA) is 69.3 Å². The highest BCUT2D eigenvalue weighted by atomic mass is 35.5. The first-order chi connectivity index (χ1) is 13.7. The molecule has 0 unspecified atom stereocenters. The van der Waals surface area contributed by atoms with Crippen LogP contribution in [0.3, 0.4) is 0 Å². The van der Waals surface area contributed by atoms with Crippen LogP contribution in [0.5, 0.6) is 0 Å². The number of nitrogens with zero attached hydrogens (tertiary/aromatic N) is 2. The molecule has 0 amide bonds. The number of carbonyl (C=O) groups is 1. The Bertz CT molecular complexity index is 975. The average molecular weight is 400 g/mol. The Morgan fingerprint density at radius 2 is 2.00 bits per heavy atom. The summed E-state index contributed by atoms with van der Waals surface area (Å²) >= 11 is 6.05. The van der Waals surface area contributed by atoms with E-state index in [4.69, 9.17) is 25.9 Å². The predicted molar refractivity (Wildman–Crippen MR) is 107 cm³/mol. The molecule has 6 nitrogen and oxygen atoms in total. The second-order valence-corrected chi connectivity index (χ2v) is 7.11. The number of esters is 1. The molecule has 4 rings (SSSR count). The number of halogens is 1. The quantitative estimate of drug-likeness (QED) is 0.662. The smallest absolute Gasteiger partial charge is 0.374 e. The Labute approximate surface area is 168 Å². The van der Waals surface area contributed by atoms with Crippen LogP contribution in [0, 0.1) is 0 Å². The summed E-state index contributed by atoms with van der Waals surface area (Å²) < 4.78 is 12.7. The van der Waals surface area contributed by atoms with Crippen LogP contribution in [-0.4, -0.2) is 35.4 Å². The normalized spacial score (nSPS) is 13.8. The molecule has 28 heavy (non-hydrogen) atoms. The lowest BCUT2D eigenvalue weighted by Crippen LogP contribution is -2.17. The summed E-state index contributed by atoms with van der Waals surface area (Å²) in [4.78, 5) is 11.8. The van der Waals surface area contributed by atoms with E-state index >= 15 is 0 Å². The fourth-order valence-corrected chi connectivity index (χ4v) is 3.64. The first kappa shape index (κ1) is 18.8. The molecule has 1 N–H and O–H groups in total. The van der Waals surface area contributed by atoms with Crippen LogP contribution in [0.4, 0.5) is 0 Å². The summed E-state index contributed by atoms with van der Waals surface area (Å²) in [6.45, 7) is 4.39. The Morgan fingerprint density at radius 1 is 1.21 bits per heavy atom. The van der Waals surface area contributed by atoms with Gasteiger partial charge in [-0.2, -0.15) is 5.10 Å². The molecule has 7 heteroatoms. The molecule has 0 fully saturated rings. The third-order valence-corrected chi connectivity index (χ3v) is 5.07. The number of furan rings is 1. The Kier molecular flexibility index (Phi) is 5.50. The van der Waals surface area contributed by atoms with E-state index in [9.17, 15) is 4.79 Å². The molecule has 0 atom stereocenters. The predicted octanol–water partition coefficient (Wildman–Crippen LogP) is 3.71. The molecule has 1 aliphatic heterocycles. The molecule has 0 aliphatic carbocycles. The van der Waals surface area contributed by atoms with Crippen molar-refractivity contribution in [3.8, 4) is 11.3 Å². The van der Waals surface area contributed by atoms with Crippen LogP contribution >= 0.6 is 11.6 Å². The highest BCUT2D eigenvalue weighted by molar-refractivity contribution is 6.30. The molecule has 0 saturated carbocycles. The summed E-state index contributed by atoms with van der Waals surface area (Å²) in [6.07, 6.45) is 1.81. The maximum atomic E-state index is 11.8. The first-order valence-electron chi connectivity index (χ1n) is 9.46. The van der Waals surface area contributed by atoms with Crippen LogP contribution in [0.2, 0.25) is 5.02 Å². The summed E-state index contributed by atoms with van der Waals surface area (Å²) in [5, 5.41) is 9.04. The van der Waals surface area contributed by atoms with E-state index < -0.39 is 5.97 Å². The number of ether oxygens (including phenoxy) is 1. The molecular weight excluding hydrogens is 378 g/mol. The van der Waals surface area contributed by atoms with E-state index in [2.05, 4.69) is 5.32 Å². The van der Waals surface area contributed by atoms with E-state index in [0.29, 0.717) is 23.9 Å². The minimum Gasteiger partial charge on any atom is -0.460 e. The number of rotatable bonds is 5. The largest absolute Gasteiger partial charge is 0.460 e. The number of hydrogen-bond acceptors (Lipinski definition) is 5. The van der Waals surface area contributed by atoms with Crippen molar-refractivity contribution in [1.29, 1.82) is 0 Å². The third-order valence-electron chi connectivity index (χ3n) is 4.82. The molecular formula is C21H22ClN3O3. The van der Waals surface area contributed by atoms with Gasteiger partial charge in [-0.3, -0.25) is 4.68 Å². The molecule has 3 heterocycles. The lowest BCUT2D eigenvalue weighted by atomic mass is 10.0. The van der Waals surface area contributed by atoms with Gasteiger partial charge in [-0.05, 0) is 44.2 Å². The Balaban J connectivity index is 1.67. The standard InChI is InChI=1S/C21H22ClN3O3/c1-2-27-21(26)19-8-7-16(28-19)13-25-18-10-12-23-11-9-17(18)20(24-25)14-3-5-15(22)6-4-14/h3-8,23H,2,9-13H2,1H3. The minimum atomic E-state index is -0.445. The van der Waals surface area contributed by atoms with Gasteiger partial charge in [0.25, 0.3) is 0 Å². The van der Waals surface area contributed by atoms with Crippen molar-refractivity contribution in [2.45, 2.75) is 26.3 Å². The molecule has 146 valence electrons. The SMILES string of the molecule is CCOC(=O)c1ccc(Cn2nc(-c3ccc(Cl)cc3)c3c2CCNCC3)o1. The Morgan fingerprint density at radius 3 is 2.79 bits per heavy atom. The summed E-state index contributed by atoms with van der Waals surface area (Å²) in [5.74, 6) is 0.446. The number of aromatic nitrogens is 2. The molecule has 1 aromatic carbocycles. The van der Waals surface area contributed by atoms with E-state index in [0.717, 1.165) is 37.2 Å². The summed E-state index contributed by atoms with van der Waals surface area (Å²) in [7, 11) is 0. The monoisotopic (exact) mass is 399 g/mol. The van der Waals surface area contributed by atoms with Crippen LogP contribution in [0.1, 0.15) is 34.5 Å². The number of nitrogens with one attached hydrogen (secondary N) is 1. The molecule has 2 aromatic heterocycles. The summed E-state index contributed by atoms with van der Waals surface area (Å²) in [5.41, 5.74) is 4.48. The van der Waals surface area contributed by atoms with Crippen molar-refractivity contribution in [2.75, 3.05) is 19.7 Å². The molecule has 0 bridgehead atoms. The van der Waals surface area contributed by atoms with Crippen LogP contribution in [0.15, 0.2) is 40.8 Å². The van der Waals surface area contributed by atoms with Crippen molar-refractivity contribution in [1.82, 2.24) is 15.1 Å². The third kappa shape index (κ3) is 3.84. The van der Waals surface area contributed by atoms with Gasteiger partial charge in [0.05, 0.1) is 18.8 Å². The van der Waals surface area contributed by atoms with Crippen molar-refractivity contribution in [3.05, 3.63) is 64.2 Å². The summed E-state index contributed by atoms with van der Waals surface area (Å²) in [6, 6.07) is 11.2. The van der Waals surface area contributed by atoms with E-state index in [-0.39, 0.29) is 5.76 Å². The highest BCUT2D eigenvalue weighted by Crippen LogP contribution is 2.29. The molecule has 0 radical (unpaired) electrons. The van der Waals surface area contributed by atoms with Crippen LogP contribution in [-0.2, 0) is 24.1 Å². The van der Waals surface area contributed by atoms with Crippen molar-refractivity contribution >= 4 is 17.6 Å². The molecule has 3 aromatic rings. The maximum Gasteiger partial charge on any atom is 0.374 e. The number of benzene rings is 1. The van der Waals surface area contributed by atoms with Gasteiger partial charge in [-0.1, -0.05) is 23.7 Å². The molecule has 0 spiro atoms. The zero-order chi connectivity index (χ0) is 19.5. The molecule has 0 saturated heterocycles. The first-order valence-corrected chi connectivity index (χ1v) is 9.84. The van der Waals surface area contributed by atoms with Crippen molar-refractivity contribution in [2.24, 2.45) is 0 Å².